The second kappa shape index (κ2) is 5.40. The maximum atomic E-state index is 13.0. The van der Waals surface area contributed by atoms with Gasteiger partial charge in [0, 0.05) is 11.3 Å². The van der Waals surface area contributed by atoms with Gasteiger partial charge >= 0.3 is 5.97 Å². The molecule has 0 radical (unpaired) electrons. The fourth-order valence-electron chi connectivity index (χ4n) is 1.68. The average Bonchev–Trinajstić information content (AvgIpc) is 2.40. The topological polar surface area (TPSA) is 92.4 Å². The molecular formula is C14H11FN2O3. The molecule has 2 rings (SSSR count). The first-order valence-electron chi connectivity index (χ1n) is 5.67. The van der Waals surface area contributed by atoms with E-state index in [9.17, 15) is 14.0 Å². The molecule has 102 valence electrons. The van der Waals surface area contributed by atoms with Gasteiger partial charge in [-0.1, -0.05) is 6.07 Å². The maximum absolute atomic E-state index is 13.0. The molecule has 6 heteroatoms. The number of carbonyl (C=O) groups excluding carboxylic acids is 1. The van der Waals surface area contributed by atoms with Crippen LogP contribution in [0.25, 0.3) is 0 Å². The van der Waals surface area contributed by atoms with Gasteiger partial charge < -0.3 is 16.2 Å². The van der Waals surface area contributed by atoms with Gasteiger partial charge in [0.05, 0.1) is 11.3 Å². The van der Waals surface area contributed by atoms with Crippen LogP contribution in [0.4, 0.5) is 15.8 Å². The van der Waals surface area contributed by atoms with Crippen LogP contribution >= 0.6 is 0 Å². The summed E-state index contributed by atoms with van der Waals surface area (Å²) >= 11 is 0. The molecule has 4 N–H and O–H groups in total. The molecule has 0 saturated heterocycles. The lowest BCUT2D eigenvalue weighted by Gasteiger charge is -2.09. The van der Waals surface area contributed by atoms with Crippen molar-refractivity contribution < 1.29 is 19.1 Å². The zero-order valence-electron chi connectivity index (χ0n) is 10.3. The Kier molecular flexibility index (Phi) is 3.65. The van der Waals surface area contributed by atoms with Crippen LogP contribution in [0.1, 0.15) is 20.7 Å². The van der Waals surface area contributed by atoms with Crippen molar-refractivity contribution in [3.63, 3.8) is 0 Å². The third kappa shape index (κ3) is 2.92. The normalized spacial score (nSPS) is 10.1. The maximum Gasteiger partial charge on any atom is 0.337 e. The van der Waals surface area contributed by atoms with Crippen LogP contribution in [0.5, 0.6) is 0 Å². The number of nitrogens with two attached hydrogens (primary N) is 1. The van der Waals surface area contributed by atoms with Crippen LogP contribution in [0.2, 0.25) is 0 Å². The number of nitrogen functional groups attached to an aromatic ring is 1. The van der Waals surface area contributed by atoms with Gasteiger partial charge in [0.2, 0.25) is 0 Å². The minimum absolute atomic E-state index is 0.0197. The number of anilines is 2. The quantitative estimate of drug-likeness (QED) is 0.749. The minimum Gasteiger partial charge on any atom is -0.478 e. The van der Waals surface area contributed by atoms with E-state index in [1.807, 2.05) is 0 Å². The van der Waals surface area contributed by atoms with E-state index >= 15 is 0 Å². The van der Waals surface area contributed by atoms with E-state index in [0.29, 0.717) is 5.69 Å². The molecule has 0 heterocycles. The second-order valence-electron chi connectivity index (χ2n) is 4.07. The number of hydrogen-bond donors (Lipinski definition) is 3. The Balaban J connectivity index is 2.30. The number of amides is 1. The van der Waals surface area contributed by atoms with Crippen LogP contribution in [-0.2, 0) is 0 Å². The lowest BCUT2D eigenvalue weighted by atomic mass is 10.1. The Morgan fingerprint density at radius 3 is 2.55 bits per heavy atom. The van der Waals surface area contributed by atoms with Gasteiger partial charge in [-0.05, 0) is 36.4 Å². The Labute approximate surface area is 113 Å². The Hall–Kier alpha value is -2.89. The van der Waals surface area contributed by atoms with Gasteiger partial charge in [-0.25, -0.2) is 9.18 Å². The number of hydrogen-bond acceptors (Lipinski definition) is 3. The highest BCUT2D eigenvalue weighted by molar-refractivity contribution is 6.08. The number of aromatic carboxylic acids is 1. The molecule has 0 aliphatic rings. The monoisotopic (exact) mass is 274 g/mol. The van der Waals surface area contributed by atoms with Gasteiger partial charge in [0.25, 0.3) is 5.91 Å². The number of benzene rings is 2. The predicted molar refractivity (Wildman–Crippen MR) is 72.2 cm³/mol. The molecule has 0 atom stereocenters. The highest BCUT2D eigenvalue weighted by atomic mass is 19.1. The summed E-state index contributed by atoms with van der Waals surface area (Å²) in [7, 11) is 0. The predicted octanol–water partition coefficient (Wildman–Crippen LogP) is 2.36. The lowest BCUT2D eigenvalue weighted by Crippen LogP contribution is -2.15. The van der Waals surface area contributed by atoms with Crippen LogP contribution < -0.4 is 11.1 Å². The first-order valence-corrected chi connectivity index (χ1v) is 5.67. The number of carbonyl (C=O) groups is 2. The van der Waals surface area contributed by atoms with Crippen molar-refractivity contribution in [3.05, 3.63) is 59.4 Å². The molecule has 2 aromatic carbocycles. The highest BCUT2D eigenvalue weighted by Gasteiger charge is 2.14. The van der Waals surface area contributed by atoms with Gasteiger partial charge in [0.1, 0.15) is 5.82 Å². The molecule has 0 aliphatic carbocycles. The molecule has 0 aromatic heterocycles. The smallest absolute Gasteiger partial charge is 0.337 e. The van der Waals surface area contributed by atoms with E-state index in [4.69, 9.17) is 10.8 Å². The first-order chi connectivity index (χ1) is 9.47. The third-order valence-corrected chi connectivity index (χ3v) is 2.61. The van der Waals surface area contributed by atoms with Crippen LogP contribution in [-0.4, -0.2) is 17.0 Å². The molecule has 2 aromatic rings. The summed E-state index contributed by atoms with van der Waals surface area (Å²) in [6.07, 6.45) is 0. The molecule has 0 unspecified atom stereocenters. The van der Waals surface area contributed by atoms with Gasteiger partial charge in [-0.15, -0.1) is 0 Å². The largest absolute Gasteiger partial charge is 0.478 e. The zero-order chi connectivity index (χ0) is 14.7. The van der Waals surface area contributed by atoms with E-state index < -0.39 is 17.7 Å². The van der Waals surface area contributed by atoms with Crippen molar-refractivity contribution in [3.8, 4) is 0 Å². The summed E-state index contributed by atoms with van der Waals surface area (Å²) in [6, 6.07) is 9.33. The summed E-state index contributed by atoms with van der Waals surface area (Å²) in [6.45, 7) is 0. The summed E-state index contributed by atoms with van der Waals surface area (Å²) in [5.41, 5.74) is 5.96. The van der Waals surface area contributed by atoms with Gasteiger partial charge in [-0.2, -0.15) is 0 Å². The second-order valence-corrected chi connectivity index (χ2v) is 4.07. The van der Waals surface area contributed by atoms with Crippen molar-refractivity contribution in [1.29, 1.82) is 0 Å². The first kappa shape index (κ1) is 13.5. The fourth-order valence-corrected chi connectivity index (χ4v) is 1.68. The van der Waals surface area contributed by atoms with E-state index in [-0.39, 0.29) is 16.8 Å². The molecule has 0 fully saturated rings. The summed E-state index contributed by atoms with van der Waals surface area (Å²) in [5.74, 6) is -2.54. The summed E-state index contributed by atoms with van der Waals surface area (Å²) < 4.78 is 13.0. The van der Waals surface area contributed by atoms with E-state index in [2.05, 4.69) is 5.32 Å². The minimum atomic E-state index is -1.33. The summed E-state index contributed by atoms with van der Waals surface area (Å²) in [4.78, 5) is 23.0. The van der Waals surface area contributed by atoms with Crippen molar-refractivity contribution in [2.24, 2.45) is 0 Å². The molecule has 20 heavy (non-hydrogen) atoms. The van der Waals surface area contributed by atoms with Gasteiger partial charge in [0.15, 0.2) is 0 Å². The average molecular weight is 274 g/mol. The van der Waals surface area contributed by atoms with Crippen LogP contribution in [0.3, 0.4) is 0 Å². The van der Waals surface area contributed by atoms with Crippen LogP contribution in [0, 0.1) is 5.82 Å². The Morgan fingerprint density at radius 1 is 1.15 bits per heavy atom. The van der Waals surface area contributed by atoms with E-state index in [1.54, 1.807) is 12.1 Å². The number of carboxylic acids is 1. The molecular weight excluding hydrogens is 263 g/mol. The number of nitrogens with one attached hydrogen (secondary N) is 1. The molecule has 0 saturated carbocycles. The zero-order valence-corrected chi connectivity index (χ0v) is 10.3. The highest BCUT2D eigenvalue weighted by Crippen LogP contribution is 2.18. The molecule has 5 nitrogen and oxygen atoms in total. The SMILES string of the molecule is Nc1cccc(C(=O)Nc2ccc(F)cc2C(=O)O)c1. The Morgan fingerprint density at radius 2 is 1.90 bits per heavy atom. The van der Waals surface area contributed by atoms with E-state index in [0.717, 1.165) is 12.1 Å². The molecule has 0 aliphatic heterocycles. The standard InChI is InChI=1S/C14H11FN2O3/c15-9-4-5-12(11(7-9)14(19)20)17-13(18)8-2-1-3-10(16)6-8/h1-7H,16H2,(H,17,18)(H,19,20). The fraction of sp³-hybridized carbons (Fsp3) is 0. The van der Waals surface area contributed by atoms with Crippen molar-refractivity contribution in [2.45, 2.75) is 0 Å². The van der Waals surface area contributed by atoms with Crippen molar-refractivity contribution in [1.82, 2.24) is 0 Å². The third-order valence-electron chi connectivity index (χ3n) is 2.61. The molecule has 1 amide bonds. The summed E-state index contributed by atoms with van der Waals surface area (Å²) in [5, 5.41) is 11.4. The van der Waals surface area contributed by atoms with Gasteiger partial charge in [-0.3, -0.25) is 4.79 Å². The molecule has 0 spiro atoms. The van der Waals surface area contributed by atoms with Crippen molar-refractivity contribution in [2.75, 3.05) is 11.1 Å². The van der Waals surface area contributed by atoms with E-state index in [1.165, 1.54) is 18.2 Å². The Bertz CT molecular complexity index is 686. The number of carboxylic acid groups (broad SMARTS) is 1. The number of halogens is 1. The lowest BCUT2D eigenvalue weighted by molar-refractivity contribution is 0.0697. The van der Waals surface area contributed by atoms with Crippen LogP contribution in [0.15, 0.2) is 42.5 Å². The van der Waals surface area contributed by atoms with Crippen molar-refractivity contribution >= 4 is 23.3 Å². The molecule has 0 bridgehead atoms. The number of rotatable bonds is 3.